The van der Waals surface area contributed by atoms with Crippen molar-refractivity contribution in [2.45, 2.75) is 38.9 Å². The second-order valence-electron chi connectivity index (χ2n) is 5.84. The third-order valence-corrected chi connectivity index (χ3v) is 3.72. The van der Waals surface area contributed by atoms with Gasteiger partial charge in [-0.2, -0.15) is 13.2 Å². The lowest BCUT2D eigenvalue weighted by Crippen LogP contribution is -2.16. The lowest BCUT2D eigenvalue weighted by Gasteiger charge is -2.07. The molecular weight excluding hydrogens is 367 g/mol. The summed E-state index contributed by atoms with van der Waals surface area (Å²) in [6.45, 7) is 4.98. The minimum atomic E-state index is -4.35. The van der Waals surface area contributed by atoms with E-state index in [2.05, 4.69) is 12.2 Å². The van der Waals surface area contributed by atoms with Gasteiger partial charge in [0.1, 0.15) is 11.5 Å². The van der Waals surface area contributed by atoms with E-state index in [0.29, 0.717) is 23.6 Å². The number of hydrogen-bond acceptors (Lipinski definition) is 3. The minimum absolute atomic E-state index is 0. The quantitative estimate of drug-likeness (QED) is 0.529. The van der Waals surface area contributed by atoms with Crippen LogP contribution in [-0.2, 0) is 17.5 Å². The van der Waals surface area contributed by atoms with Gasteiger partial charge in [-0.3, -0.25) is 0 Å². The van der Waals surface area contributed by atoms with Gasteiger partial charge in [-0.25, -0.2) is 0 Å². The zero-order chi connectivity index (χ0) is 18.1. The first-order valence-electron chi connectivity index (χ1n) is 8.55. The fourth-order valence-electron chi connectivity index (χ4n) is 2.34. The van der Waals surface area contributed by atoms with Gasteiger partial charge in [-0.15, -0.1) is 12.4 Å². The standard InChI is InChI=1S/C19H24F3NO2.ClH/c1-2-3-11-24-12-5-10-23-14-17-8-9-18(25-17)15-6-4-7-16(13-15)19(20,21)22;/h4,6-9,13,23H,2-3,5,10-12,14H2,1H3;1H. The molecule has 1 aromatic carbocycles. The van der Waals surface area contributed by atoms with Crippen LogP contribution in [0, 0.1) is 0 Å². The zero-order valence-corrected chi connectivity index (χ0v) is 15.6. The number of nitrogens with one attached hydrogen (secondary N) is 1. The third-order valence-electron chi connectivity index (χ3n) is 3.72. The molecule has 2 aromatic rings. The molecule has 0 fully saturated rings. The predicted molar refractivity (Wildman–Crippen MR) is 98.4 cm³/mol. The summed E-state index contributed by atoms with van der Waals surface area (Å²) in [5.74, 6) is 1.13. The van der Waals surface area contributed by atoms with Crippen molar-refractivity contribution in [2.75, 3.05) is 19.8 Å². The van der Waals surface area contributed by atoms with Gasteiger partial charge >= 0.3 is 6.18 Å². The number of halogens is 4. The molecule has 0 spiro atoms. The second kappa shape index (κ2) is 11.3. The predicted octanol–water partition coefficient (Wildman–Crippen LogP) is 5.68. The topological polar surface area (TPSA) is 34.4 Å². The Morgan fingerprint density at radius 2 is 1.85 bits per heavy atom. The molecule has 7 heteroatoms. The van der Waals surface area contributed by atoms with Gasteiger partial charge in [0, 0.05) is 18.8 Å². The Bertz CT molecular complexity index is 644. The van der Waals surface area contributed by atoms with Crippen LogP contribution < -0.4 is 5.32 Å². The fourth-order valence-corrected chi connectivity index (χ4v) is 2.34. The van der Waals surface area contributed by atoms with E-state index >= 15 is 0 Å². The van der Waals surface area contributed by atoms with Gasteiger partial charge in [0.15, 0.2) is 0 Å². The fraction of sp³-hybridized carbons (Fsp3) is 0.474. The summed E-state index contributed by atoms with van der Waals surface area (Å²) in [6, 6.07) is 8.62. The molecule has 0 atom stereocenters. The molecule has 0 aliphatic rings. The maximum absolute atomic E-state index is 12.8. The van der Waals surface area contributed by atoms with Crippen LogP contribution in [0.1, 0.15) is 37.5 Å². The van der Waals surface area contributed by atoms with Gasteiger partial charge in [0.2, 0.25) is 0 Å². The molecule has 1 N–H and O–H groups in total. The summed E-state index contributed by atoms with van der Waals surface area (Å²) < 4.78 is 49.4. The van der Waals surface area contributed by atoms with Crippen molar-refractivity contribution in [3.8, 4) is 11.3 Å². The van der Waals surface area contributed by atoms with Crippen LogP contribution in [0.3, 0.4) is 0 Å². The van der Waals surface area contributed by atoms with E-state index in [4.69, 9.17) is 9.15 Å². The van der Waals surface area contributed by atoms with E-state index in [1.807, 2.05) is 0 Å². The largest absolute Gasteiger partial charge is 0.460 e. The average molecular weight is 392 g/mol. The maximum Gasteiger partial charge on any atom is 0.416 e. The van der Waals surface area contributed by atoms with E-state index in [1.54, 1.807) is 18.2 Å². The molecule has 0 saturated heterocycles. The van der Waals surface area contributed by atoms with Crippen molar-refractivity contribution in [2.24, 2.45) is 0 Å². The lowest BCUT2D eigenvalue weighted by molar-refractivity contribution is -0.137. The van der Waals surface area contributed by atoms with Crippen molar-refractivity contribution in [3.63, 3.8) is 0 Å². The SMILES string of the molecule is CCCCOCCCNCc1ccc(-c2cccc(C(F)(F)F)c2)o1.Cl. The van der Waals surface area contributed by atoms with E-state index in [9.17, 15) is 13.2 Å². The van der Waals surface area contributed by atoms with Crippen LogP contribution in [0.15, 0.2) is 40.8 Å². The van der Waals surface area contributed by atoms with Gasteiger partial charge in [-0.1, -0.05) is 25.5 Å². The van der Waals surface area contributed by atoms with Crippen molar-refractivity contribution in [1.29, 1.82) is 0 Å². The summed E-state index contributed by atoms with van der Waals surface area (Å²) in [6.07, 6.45) is -1.24. The van der Waals surface area contributed by atoms with Crippen LogP contribution in [0.25, 0.3) is 11.3 Å². The lowest BCUT2D eigenvalue weighted by atomic mass is 10.1. The van der Waals surface area contributed by atoms with Crippen molar-refractivity contribution < 1.29 is 22.3 Å². The van der Waals surface area contributed by atoms with Crippen LogP contribution >= 0.6 is 12.4 Å². The number of unbranched alkanes of at least 4 members (excludes halogenated alkanes) is 1. The molecule has 0 aliphatic carbocycles. The Hall–Kier alpha value is -1.50. The molecule has 0 saturated carbocycles. The molecule has 1 heterocycles. The van der Waals surface area contributed by atoms with E-state index in [-0.39, 0.29) is 12.4 Å². The third kappa shape index (κ3) is 7.40. The molecule has 146 valence electrons. The van der Waals surface area contributed by atoms with Gasteiger partial charge < -0.3 is 14.5 Å². The first kappa shape index (κ1) is 22.5. The number of furan rings is 1. The molecule has 26 heavy (non-hydrogen) atoms. The van der Waals surface area contributed by atoms with Crippen LogP contribution in [0.4, 0.5) is 13.2 Å². The molecular formula is C19H25ClF3NO2. The van der Waals surface area contributed by atoms with Crippen molar-refractivity contribution >= 4 is 12.4 Å². The van der Waals surface area contributed by atoms with Crippen molar-refractivity contribution in [1.82, 2.24) is 5.32 Å². The molecule has 2 rings (SSSR count). The highest BCUT2D eigenvalue weighted by molar-refractivity contribution is 5.85. The Labute approximate surface area is 158 Å². The highest BCUT2D eigenvalue weighted by atomic mass is 35.5. The van der Waals surface area contributed by atoms with E-state index in [1.165, 1.54) is 6.07 Å². The summed E-state index contributed by atoms with van der Waals surface area (Å²) in [5, 5.41) is 3.24. The highest BCUT2D eigenvalue weighted by Gasteiger charge is 2.30. The highest BCUT2D eigenvalue weighted by Crippen LogP contribution is 2.32. The monoisotopic (exact) mass is 391 g/mol. The van der Waals surface area contributed by atoms with E-state index < -0.39 is 11.7 Å². The van der Waals surface area contributed by atoms with Gasteiger partial charge in [-0.05, 0) is 43.7 Å². The average Bonchev–Trinajstić information content (AvgIpc) is 3.05. The normalized spacial score (nSPS) is 11.4. The first-order valence-corrected chi connectivity index (χ1v) is 8.55. The number of alkyl halides is 3. The number of rotatable bonds is 10. The summed E-state index contributed by atoms with van der Waals surface area (Å²) >= 11 is 0. The van der Waals surface area contributed by atoms with Gasteiger partial charge in [0.25, 0.3) is 0 Å². The Morgan fingerprint density at radius 3 is 2.58 bits per heavy atom. The number of hydrogen-bond donors (Lipinski definition) is 1. The molecule has 0 radical (unpaired) electrons. The summed E-state index contributed by atoms with van der Waals surface area (Å²) in [4.78, 5) is 0. The summed E-state index contributed by atoms with van der Waals surface area (Å²) in [7, 11) is 0. The maximum atomic E-state index is 12.8. The minimum Gasteiger partial charge on any atom is -0.460 e. The zero-order valence-electron chi connectivity index (χ0n) is 14.8. The van der Waals surface area contributed by atoms with E-state index in [0.717, 1.165) is 51.2 Å². The molecule has 0 amide bonds. The second-order valence-corrected chi connectivity index (χ2v) is 5.84. The number of benzene rings is 1. The Morgan fingerprint density at radius 1 is 1.08 bits per heavy atom. The smallest absolute Gasteiger partial charge is 0.416 e. The van der Waals surface area contributed by atoms with Gasteiger partial charge in [0.05, 0.1) is 12.1 Å². The Kier molecular flexibility index (Phi) is 9.76. The molecule has 0 aliphatic heterocycles. The van der Waals surface area contributed by atoms with Crippen LogP contribution in [-0.4, -0.2) is 19.8 Å². The molecule has 0 bridgehead atoms. The molecule has 0 unspecified atom stereocenters. The van der Waals surface area contributed by atoms with Crippen molar-refractivity contribution in [3.05, 3.63) is 47.7 Å². The Balaban J connectivity index is 0.00000338. The molecule has 1 aromatic heterocycles. The van der Waals surface area contributed by atoms with Crippen LogP contribution in [0.5, 0.6) is 0 Å². The summed E-state index contributed by atoms with van der Waals surface area (Å²) in [5.41, 5.74) is -0.255. The first-order chi connectivity index (χ1) is 12.0. The van der Waals surface area contributed by atoms with Crippen LogP contribution in [0.2, 0.25) is 0 Å². The molecule has 3 nitrogen and oxygen atoms in total. The number of ether oxygens (including phenoxy) is 1.